The van der Waals surface area contributed by atoms with Gasteiger partial charge in [0.2, 0.25) is 0 Å². The molecule has 1 heterocycles. The van der Waals surface area contributed by atoms with Crippen LogP contribution in [-0.4, -0.2) is 25.9 Å². The van der Waals surface area contributed by atoms with Gasteiger partial charge in [0, 0.05) is 18.1 Å². The number of carbonyl (C=O) groups is 1. The van der Waals surface area contributed by atoms with Gasteiger partial charge in [-0.15, -0.1) is 0 Å². The lowest BCUT2D eigenvalue weighted by Gasteiger charge is -2.37. The first-order valence-corrected chi connectivity index (χ1v) is 8.96. The molecule has 126 valence electrons. The van der Waals surface area contributed by atoms with E-state index < -0.39 is 4.92 Å². The molecule has 2 aromatic rings. The van der Waals surface area contributed by atoms with Gasteiger partial charge in [-0.1, -0.05) is 32.5 Å². The summed E-state index contributed by atoms with van der Waals surface area (Å²) in [5.41, 5.74) is 1.32. The minimum atomic E-state index is -0.421. The maximum absolute atomic E-state index is 12.8. The highest BCUT2D eigenvalue weighted by molar-refractivity contribution is 8.00. The summed E-state index contributed by atoms with van der Waals surface area (Å²) in [5, 5.41) is 11.4. The summed E-state index contributed by atoms with van der Waals surface area (Å²) in [6.07, 6.45) is 2.03. The number of ketones is 1. The molecule has 6 nitrogen and oxygen atoms in total. The third-order valence-electron chi connectivity index (χ3n) is 6.36. The molecule has 0 amide bonds. The lowest BCUT2D eigenvalue weighted by molar-refractivity contribution is -0.384. The Balaban J connectivity index is 1.68. The topological polar surface area (TPSA) is 88.9 Å². The van der Waals surface area contributed by atoms with E-state index in [0.717, 1.165) is 12.8 Å². The van der Waals surface area contributed by atoms with Crippen LogP contribution in [0, 0.1) is 26.9 Å². The second-order valence-electron chi connectivity index (χ2n) is 7.63. The summed E-state index contributed by atoms with van der Waals surface area (Å²) in [5.74, 6) is 0.454. The minimum Gasteiger partial charge on any atom is -0.333 e. The summed E-state index contributed by atoms with van der Waals surface area (Å²) in [7, 11) is 0. The van der Waals surface area contributed by atoms with Crippen LogP contribution in [0.5, 0.6) is 0 Å². The molecule has 0 aliphatic heterocycles. The normalized spacial score (nSPS) is 31.0. The number of H-pyrrole nitrogens is 1. The van der Waals surface area contributed by atoms with Gasteiger partial charge in [0.25, 0.3) is 5.69 Å². The lowest BCUT2D eigenvalue weighted by atomic mass is 9.71. The van der Waals surface area contributed by atoms with Gasteiger partial charge in [-0.05, 0) is 29.7 Å². The van der Waals surface area contributed by atoms with Crippen molar-refractivity contribution < 1.29 is 9.72 Å². The van der Waals surface area contributed by atoms with E-state index in [2.05, 4.69) is 30.7 Å². The maximum atomic E-state index is 12.8. The molecule has 2 bridgehead atoms. The number of non-ortho nitro benzene ring substituents is 1. The van der Waals surface area contributed by atoms with Gasteiger partial charge in [0.1, 0.15) is 5.78 Å². The number of hydrogen-bond donors (Lipinski definition) is 1. The largest absolute Gasteiger partial charge is 0.333 e. The molecule has 0 saturated heterocycles. The second kappa shape index (κ2) is 4.81. The summed E-state index contributed by atoms with van der Waals surface area (Å²) in [6.45, 7) is 6.61. The van der Waals surface area contributed by atoms with Crippen molar-refractivity contribution in [3.05, 3.63) is 28.3 Å². The van der Waals surface area contributed by atoms with Gasteiger partial charge in [0.15, 0.2) is 5.16 Å². The molecule has 2 aliphatic rings. The van der Waals surface area contributed by atoms with Crippen LogP contribution in [0.3, 0.4) is 0 Å². The highest BCUT2D eigenvalue weighted by atomic mass is 32.2. The number of aromatic amines is 1. The van der Waals surface area contributed by atoms with Crippen LogP contribution < -0.4 is 0 Å². The number of thioether (sulfide) groups is 1. The molecule has 0 unspecified atom stereocenters. The summed E-state index contributed by atoms with van der Waals surface area (Å²) in [4.78, 5) is 30.9. The van der Waals surface area contributed by atoms with Crippen molar-refractivity contribution in [2.75, 3.05) is 0 Å². The SMILES string of the molecule is CC1(C)[C@H]2CC[C@@]1(C)[C@@H](Sc1nc3ccc([N+](=O)[O-])cc3[nH]1)C2=O. The number of imidazole rings is 1. The molecule has 1 aromatic carbocycles. The average Bonchev–Trinajstić information content (AvgIpc) is 3.05. The molecular formula is C17H19N3O3S. The molecule has 2 aliphatic carbocycles. The van der Waals surface area contributed by atoms with Crippen molar-refractivity contribution in [2.24, 2.45) is 16.7 Å². The zero-order valence-corrected chi connectivity index (χ0v) is 14.6. The first-order valence-electron chi connectivity index (χ1n) is 8.08. The summed E-state index contributed by atoms with van der Waals surface area (Å²) < 4.78 is 0. The molecule has 1 aromatic heterocycles. The van der Waals surface area contributed by atoms with E-state index in [1.165, 1.54) is 23.9 Å². The monoisotopic (exact) mass is 345 g/mol. The van der Waals surface area contributed by atoms with Crippen molar-refractivity contribution in [1.82, 2.24) is 9.97 Å². The van der Waals surface area contributed by atoms with Crippen molar-refractivity contribution in [3.8, 4) is 0 Å². The fourth-order valence-electron chi connectivity index (χ4n) is 4.43. The number of hydrogen-bond acceptors (Lipinski definition) is 5. The third-order valence-corrected chi connectivity index (χ3v) is 7.76. The Labute approximate surface area is 143 Å². The predicted molar refractivity (Wildman–Crippen MR) is 92.0 cm³/mol. The third kappa shape index (κ3) is 1.90. The first-order chi connectivity index (χ1) is 11.2. The molecular weight excluding hydrogens is 326 g/mol. The minimum absolute atomic E-state index is 0.00650. The van der Waals surface area contributed by atoms with Crippen LogP contribution in [0.15, 0.2) is 23.4 Å². The van der Waals surface area contributed by atoms with E-state index >= 15 is 0 Å². The molecule has 7 heteroatoms. The van der Waals surface area contributed by atoms with Crippen molar-refractivity contribution >= 4 is 34.3 Å². The number of aromatic nitrogens is 2. The van der Waals surface area contributed by atoms with Crippen LogP contribution in [0.25, 0.3) is 11.0 Å². The number of nitrogens with zero attached hydrogens (tertiary/aromatic N) is 2. The van der Waals surface area contributed by atoms with Crippen LogP contribution in [0.4, 0.5) is 5.69 Å². The van der Waals surface area contributed by atoms with Crippen molar-refractivity contribution in [3.63, 3.8) is 0 Å². The Morgan fingerprint density at radius 2 is 2.12 bits per heavy atom. The van der Waals surface area contributed by atoms with Gasteiger partial charge in [-0.3, -0.25) is 14.9 Å². The van der Waals surface area contributed by atoms with Gasteiger partial charge in [-0.2, -0.15) is 0 Å². The first kappa shape index (κ1) is 15.6. The van der Waals surface area contributed by atoms with Crippen LogP contribution in [-0.2, 0) is 4.79 Å². The van der Waals surface area contributed by atoms with E-state index in [4.69, 9.17) is 0 Å². The highest BCUT2D eigenvalue weighted by Crippen LogP contribution is 2.67. The molecule has 0 spiro atoms. The Morgan fingerprint density at radius 1 is 1.38 bits per heavy atom. The number of nitro groups is 1. The number of nitro benzene ring substituents is 1. The molecule has 4 rings (SSSR count). The van der Waals surface area contributed by atoms with Crippen LogP contribution in [0.1, 0.15) is 33.6 Å². The van der Waals surface area contributed by atoms with E-state index in [-0.39, 0.29) is 27.7 Å². The molecule has 1 N–H and O–H groups in total. The zero-order valence-electron chi connectivity index (χ0n) is 13.8. The summed E-state index contributed by atoms with van der Waals surface area (Å²) in [6, 6.07) is 4.58. The Morgan fingerprint density at radius 3 is 2.75 bits per heavy atom. The van der Waals surface area contributed by atoms with Crippen LogP contribution in [0.2, 0.25) is 0 Å². The van der Waals surface area contributed by atoms with Crippen molar-refractivity contribution in [1.29, 1.82) is 0 Å². The van der Waals surface area contributed by atoms with E-state index in [1.807, 2.05) is 0 Å². The standard InChI is InChI=1S/C17H19N3O3S/c1-16(2)10-6-7-17(16,3)14(13(10)21)24-15-18-11-5-4-9(20(22)23)8-12(11)19-15/h4-5,8,10,14H,6-7H2,1-3H3,(H,18,19)/t10-,14-,17-/m0/s1. The smallest absolute Gasteiger partial charge is 0.271 e. The molecule has 3 atom stereocenters. The Hall–Kier alpha value is -1.89. The number of Topliss-reactive ketones (excluding diaryl/α,β-unsaturated/α-hetero) is 1. The van der Waals surface area contributed by atoms with Gasteiger partial charge < -0.3 is 4.98 Å². The molecule has 24 heavy (non-hydrogen) atoms. The van der Waals surface area contributed by atoms with Crippen LogP contribution >= 0.6 is 11.8 Å². The Bertz CT molecular complexity index is 875. The van der Waals surface area contributed by atoms with Crippen molar-refractivity contribution in [2.45, 2.75) is 44.0 Å². The number of fused-ring (bicyclic) bond motifs is 3. The van der Waals surface area contributed by atoms with E-state index in [0.29, 0.717) is 22.0 Å². The maximum Gasteiger partial charge on any atom is 0.271 e. The number of rotatable bonds is 3. The molecule has 2 fully saturated rings. The number of benzene rings is 1. The summed E-state index contributed by atoms with van der Waals surface area (Å²) >= 11 is 1.48. The van der Waals surface area contributed by atoms with Gasteiger partial charge >= 0.3 is 0 Å². The molecule has 2 saturated carbocycles. The second-order valence-corrected chi connectivity index (χ2v) is 8.72. The Kier molecular flexibility index (Phi) is 3.13. The predicted octanol–water partition coefficient (Wildman–Crippen LogP) is 3.96. The zero-order chi connectivity index (χ0) is 17.3. The molecule has 0 radical (unpaired) electrons. The highest BCUT2D eigenvalue weighted by Gasteiger charge is 2.66. The van der Waals surface area contributed by atoms with Gasteiger partial charge in [0.05, 0.1) is 21.2 Å². The quantitative estimate of drug-likeness (QED) is 0.672. The van der Waals surface area contributed by atoms with E-state index in [9.17, 15) is 14.9 Å². The van der Waals surface area contributed by atoms with Gasteiger partial charge in [-0.25, -0.2) is 4.98 Å². The average molecular weight is 345 g/mol. The fourth-order valence-corrected chi connectivity index (χ4v) is 5.94. The van der Waals surface area contributed by atoms with E-state index in [1.54, 1.807) is 6.07 Å². The number of nitrogens with one attached hydrogen (secondary N) is 1. The lowest BCUT2D eigenvalue weighted by Crippen LogP contribution is -2.35. The fraction of sp³-hybridized carbons (Fsp3) is 0.529. The number of carbonyl (C=O) groups excluding carboxylic acids is 1.